The van der Waals surface area contributed by atoms with E-state index < -0.39 is 5.60 Å². The van der Waals surface area contributed by atoms with Gasteiger partial charge in [0.25, 0.3) is 5.91 Å². The second kappa shape index (κ2) is 8.73. The molecule has 5 heteroatoms. The number of carbonyl (C=O) groups is 1. The molecule has 1 rings (SSSR count). The summed E-state index contributed by atoms with van der Waals surface area (Å²) in [5.74, 6) is 0.453. The first-order valence-electron chi connectivity index (χ1n) is 7.92. The van der Waals surface area contributed by atoms with Crippen molar-refractivity contribution in [2.24, 2.45) is 0 Å². The van der Waals surface area contributed by atoms with Crippen LogP contribution in [0.3, 0.4) is 0 Å². The summed E-state index contributed by atoms with van der Waals surface area (Å²) in [5, 5.41) is 2.89. The SMILES string of the molecule is CCCCC[C@](C)(OC)C(=O)Nc1cnc(OCC)c(C)c1. The molecule has 1 heterocycles. The number of nitrogens with one attached hydrogen (secondary N) is 1. The van der Waals surface area contributed by atoms with Gasteiger partial charge in [0.05, 0.1) is 18.5 Å². The summed E-state index contributed by atoms with van der Waals surface area (Å²) >= 11 is 0. The molecule has 1 aromatic heterocycles. The van der Waals surface area contributed by atoms with Crippen molar-refractivity contribution < 1.29 is 14.3 Å². The van der Waals surface area contributed by atoms with Crippen LogP contribution < -0.4 is 10.1 Å². The Kier molecular flexibility index (Phi) is 7.32. The standard InChI is InChI=1S/C17H28N2O3/c1-6-8-9-10-17(4,21-5)16(20)19-14-11-13(3)15(18-12-14)22-7-2/h11-12H,6-10H2,1-5H3,(H,19,20)/t17-/m0/s1. The molecule has 0 saturated carbocycles. The molecule has 124 valence electrons. The lowest BCUT2D eigenvalue weighted by molar-refractivity contribution is -0.136. The highest BCUT2D eigenvalue weighted by Gasteiger charge is 2.32. The Morgan fingerprint density at radius 1 is 1.36 bits per heavy atom. The first-order valence-corrected chi connectivity index (χ1v) is 7.92. The maximum Gasteiger partial charge on any atom is 0.256 e. The van der Waals surface area contributed by atoms with E-state index >= 15 is 0 Å². The Morgan fingerprint density at radius 3 is 2.64 bits per heavy atom. The number of ether oxygens (including phenoxy) is 2. The van der Waals surface area contributed by atoms with Crippen molar-refractivity contribution in [1.29, 1.82) is 0 Å². The minimum Gasteiger partial charge on any atom is -0.478 e. The molecule has 0 saturated heterocycles. The van der Waals surface area contributed by atoms with Crippen molar-refractivity contribution >= 4 is 11.6 Å². The van der Waals surface area contributed by atoms with E-state index in [1.165, 1.54) is 0 Å². The van der Waals surface area contributed by atoms with Gasteiger partial charge >= 0.3 is 0 Å². The third-order valence-electron chi connectivity index (χ3n) is 3.76. The average Bonchev–Trinajstić information content (AvgIpc) is 2.50. The van der Waals surface area contributed by atoms with Crippen LogP contribution in [-0.2, 0) is 9.53 Å². The highest BCUT2D eigenvalue weighted by molar-refractivity contribution is 5.97. The lowest BCUT2D eigenvalue weighted by Crippen LogP contribution is -2.42. The molecule has 1 atom stereocenters. The molecule has 0 aliphatic heterocycles. The molecule has 1 N–H and O–H groups in total. The number of aromatic nitrogens is 1. The first-order chi connectivity index (χ1) is 10.5. The van der Waals surface area contributed by atoms with E-state index in [0.717, 1.165) is 24.8 Å². The number of amides is 1. The Hall–Kier alpha value is -1.62. The fourth-order valence-corrected chi connectivity index (χ4v) is 2.20. The zero-order valence-corrected chi connectivity index (χ0v) is 14.4. The first kappa shape index (κ1) is 18.4. The van der Waals surface area contributed by atoms with Gasteiger partial charge in [-0.25, -0.2) is 4.98 Å². The van der Waals surface area contributed by atoms with Crippen LogP contribution in [-0.4, -0.2) is 30.2 Å². The molecule has 0 radical (unpaired) electrons. The van der Waals surface area contributed by atoms with Gasteiger partial charge in [0, 0.05) is 12.7 Å². The average molecular weight is 308 g/mol. The van der Waals surface area contributed by atoms with Gasteiger partial charge in [-0.2, -0.15) is 0 Å². The van der Waals surface area contributed by atoms with Crippen LogP contribution in [0.2, 0.25) is 0 Å². The van der Waals surface area contributed by atoms with Crippen LogP contribution in [0.5, 0.6) is 5.88 Å². The Balaban J connectivity index is 2.75. The monoisotopic (exact) mass is 308 g/mol. The van der Waals surface area contributed by atoms with Crippen LogP contribution in [0.15, 0.2) is 12.3 Å². The summed E-state index contributed by atoms with van der Waals surface area (Å²) < 4.78 is 10.9. The molecular weight excluding hydrogens is 280 g/mol. The number of hydrogen-bond donors (Lipinski definition) is 1. The maximum atomic E-state index is 12.5. The van der Waals surface area contributed by atoms with Crippen molar-refractivity contribution in [1.82, 2.24) is 4.98 Å². The normalized spacial score (nSPS) is 13.5. The fourth-order valence-electron chi connectivity index (χ4n) is 2.20. The van der Waals surface area contributed by atoms with Gasteiger partial charge in [0.1, 0.15) is 5.60 Å². The minimum atomic E-state index is -0.818. The van der Waals surface area contributed by atoms with Crippen LogP contribution in [0, 0.1) is 6.92 Å². The fraction of sp³-hybridized carbons (Fsp3) is 0.647. The van der Waals surface area contributed by atoms with Crippen LogP contribution in [0.25, 0.3) is 0 Å². The number of methoxy groups -OCH3 is 1. The molecule has 5 nitrogen and oxygen atoms in total. The number of hydrogen-bond acceptors (Lipinski definition) is 4. The molecule has 0 aliphatic rings. The van der Waals surface area contributed by atoms with Gasteiger partial charge in [0.15, 0.2) is 0 Å². The molecule has 0 unspecified atom stereocenters. The van der Waals surface area contributed by atoms with Crippen LogP contribution >= 0.6 is 0 Å². The van der Waals surface area contributed by atoms with Crippen molar-refractivity contribution in [2.75, 3.05) is 19.0 Å². The number of unbranched alkanes of at least 4 members (excludes halogenated alkanes) is 2. The van der Waals surface area contributed by atoms with Crippen LogP contribution in [0.4, 0.5) is 5.69 Å². The lowest BCUT2D eigenvalue weighted by atomic mass is 9.97. The van der Waals surface area contributed by atoms with E-state index in [9.17, 15) is 4.79 Å². The predicted octanol–water partition coefficient (Wildman–Crippen LogP) is 3.71. The van der Waals surface area contributed by atoms with Gasteiger partial charge in [-0.05, 0) is 33.3 Å². The summed E-state index contributed by atoms with van der Waals surface area (Å²) in [7, 11) is 1.58. The Bertz CT molecular complexity index is 491. The molecule has 22 heavy (non-hydrogen) atoms. The largest absolute Gasteiger partial charge is 0.478 e. The maximum absolute atomic E-state index is 12.5. The smallest absolute Gasteiger partial charge is 0.256 e. The van der Waals surface area contributed by atoms with Crippen molar-refractivity contribution in [3.63, 3.8) is 0 Å². The molecule has 0 fully saturated rings. The van der Waals surface area contributed by atoms with Gasteiger partial charge < -0.3 is 14.8 Å². The third kappa shape index (κ3) is 4.98. The summed E-state index contributed by atoms with van der Waals surface area (Å²) in [5.41, 5.74) is 0.733. The van der Waals surface area contributed by atoms with Crippen molar-refractivity contribution in [3.05, 3.63) is 17.8 Å². The van der Waals surface area contributed by atoms with Gasteiger partial charge in [-0.1, -0.05) is 26.2 Å². The molecule has 0 spiro atoms. The van der Waals surface area contributed by atoms with Crippen molar-refractivity contribution in [3.8, 4) is 5.88 Å². The number of carbonyl (C=O) groups excluding carboxylic acids is 1. The summed E-state index contributed by atoms with van der Waals surface area (Å²) in [4.78, 5) is 16.7. The Morgan fingerprint density at radius 2 is 2.09 bits per heavy atom. The number of rotatable bonds is 9. The van der Waals surface area contributed by atoms with E-state index in [4.69, 9.17) is 9.47 Å². The van der Waals surface area contributed by atoms with E-state index in [-0.39, 0.29) is 5.91 Å². The van der Waals surface area contributed by atoms with Gasteiger partial charge in [-0.15, -0.1) is 0 Å². The highest BCUT2D eigenvalue weighted by atomic mass is 16.5. The molecule has 0 bridgehead atoms. The van der Waals surface area contributed by atoms with E-state index in [0.29, 0.717) is 24.6 Å². The third-order valence-corrected chi connectivity index (χ3v) is 3.76. The van der Waals surface area contributed by atoms with E-state index in [2.05, 4.69) is 17.2 Å². The van der Waals surface area contributed by atoms with Gasteiger partial charge in [0.2, 0.25) is 5.88 Å². The van der Waals surface area contributed by atoms with Crippen molar-refractivity contribution in [2.45, 2.75) is 59.0 Å². The van der Waals surface area contributed by atoms with E-state index in [1.54, 1.807) is 13.3 Å². The van der Waals surface area contributed by atoms with Crippen LogP contribution in [0.1, 0.15) is 52.0 Å². The molecular formula is C17H28N2O3. The number of nitrogens with zero attached hydrogens (tertiary/aromatic N) is 1. The Labute approximate surface area is 133 Å². The lowest BCUT2D eigenvalue weighted by Gasteiger charge is -2.27. The second-order valence-electron chi connectivity index (χ2n) is 5.63. The molecule has 0 aromatic carbocycles. The number of pyridine rings is 1. The quantitative estimate of drug-likeness (QED) is 0.706. The minimum absolute atomic E-state index is 0.142. The zero-order valence-electron chi connectivity index (χ0n) is 14.4. The zero-order chi connectivity index (χ0) is 16.6. The van der Waals surface area contributed by atoms with Gasteiger partial charge in [-0.3, -0.25) is 4.79 Å². The number of aryl methyl sites for hydroxylation is 1. The summed E-state index contributed by atoms with van der Waals surface area (Å²) in [6.45, 7) is 8.35. The summed E-state index contributed by atoms with van der Waals surface area (Å²) in [6, 6.07) is 1.86. The van der Waals surface area contributed by atoms with E-state index in [1.807, 2.05) is 26.8 Å². The highest BCUT2D eigenvalue weighted by Crippen LogP contribution is 2.23. The molecule has 1 aromatic rings. The summed E-state index contributed by atoms with van der Waals surface area (Å²) in [6.07, 6.45) is 5.48. The molecule has 1 amide bonds. The second-order valence-corrected chi connectivity index (χ2v) is 5.63. The topological polar surface area (TPSA) is 60.5 Å². The molecule has 0 aliphatic carbocycles. The number of anilines is 1. The predicted molar refractivity (Wildman–Crippen MR) is 88.3 cm³/mol.